The Morgan fingerprint density at radius 3 is 2.81 bits per heavy atom. The molecule has 0 unspecified atom stereocenters. The first-order valence-corrected chi connectivity index (χ1v) is 8.99. The summed E-state index contributed by atoms with van der Waals surface area (Å²) in [5.41, 5.74) is -0.583. The first-order chi connectivity index (χ1) is 12.7. The highest BCUT2D eigenvalue weighted by atomic mass is 19.4. The summed E-state index contributed by atoms with van der Waals surface area (Å²) in [5.74, 6) is 0.774. The number of alkyl halides is 3. The second-order valence-electron chi connectivity index (χ2n) is 7.16. The van der Waals surface area contributed by atoms with Crippen molar-refractivity contribution in [3.8, 4) is 11.4 Å². The molecular formula is C18H22F3N5O. The molecule has 1 fully saturated rings. The van der Waals surface area contributed by atoms with E-state index < -0.39 is 11.7 Å². The minimum absolute atomic E-state index is 0.0496. The molecule has 1 heterocycles. The summed E-state index contributed by atoms with van der Waals surface area (Å²) in [6.07, 6.45) is -1.26. The largest absolute Gasteiger partial charge is 0.416 e. The maximum absolute atomic E-state index is 12.8. The quantitative estimate of drug-likeness (QED) is 0.882. The minimum Gasteiger partial charge on any atom is -0.351 e. The van der Waals surface area contributed by atoms with Gasteiger partial charge in [0.1, 0.15) is 6.54 Å². The van der Waals surface area contributed by atoms with Gasteiger partial charge in [-0.3, -0.25) is 4.79 Å². The molecule has 0 saturated heterocycles. The molecule has 1 aliphatic carbocycles. The molecule has 1 saturated carbocycles. The fourth-order valence-corrected chi connectivity index (χ4v) is 3.43. The Kier molecular flexibility index (Phi) is 5.48. The zero-order chi connectivity index (χ0) is 19.6. The van der Waals surface area contributed by atoms with Crippen molar-refractivity contribution < 1.29 is 18.0 Å². The molecule has 1 aromatic heterocycles. The lowest BCUT2D eigenvalue weighted by atomic mass is 9.78. The zero-order valence-corrected chi connectivity index (χ0v) is 15.2. The van der Waals surface area contributed by atoms with E-state index in [9.17, 15) is 18.0 Å². The van der Waals surface area contributed by atoms with E-state index in [0.29, 0.717) is 11.8 Å². The lowest BCUT2D eigenvalue weighted by Crippen LogP contribution is -2.45. The van der Waals surface area contributed by atoms with Crippen molar-refractivity contribution in [2.24, 2.45) is 11.8 Å². The first kappa shape index (κ1) is 19.3. The predicted molar refractivity (Wildman–Crippen MR) is 92.4 cm³/mol. The maximum atomic E-state index is 12.8. The third-order valence-electron chi connectivity index (χ3n) is 5.24. The molecule has 0 aliphatic heterocycles. The van der Waals surface area contributed by atoms with Gasteiger partial charge < -0.3 is 5.32 Å². The first-order valence-electron chi connectivity index (χ1n) is 8.99. The van der Waals surface area contributed by atoms with Crippen LogP contribution in [0.15, 0.2) is 24.3 Å². The Bertz CT molecular complexity index is 804. The summed E-state index contributed by atoms with van der Waals surface area (Å²) in [7, 11) is 0. The van der Waals surface area contributed by atoms with Crippen LogP contribution < -0.4 is 5.32 Å². The van der Waals surface area contributed by atoms with Crippen molar-refractivity contribution in [2.45, 2.75) is 51.9 Å². The van der Waals surface area contributed by atoms with E-state index in [1.807, 2.05) is 0 Å². The third-order valence-corrected chi connectivity index (χ3v) is 5.24. The highest BCUT2D eigenvalue weighted by Crippen LogP contribution is 2.31. The maximum Gasteiger partial charge on any atom is 0.416 e. The highest BCUT2D eigenvalue weighted by molar-refractivity contribution is 5.75. The van der Waals surface area contributed by atoms with Gasteiger partial charge in [0.25, 0.3) is 0 Å². The summed E-state index contributed by atoms with van der Waals surface area (Å²) in [6.45, 7) is 4.20. The molecule has 1 amide bonds. The fourth-order valence-electron chi connectivity index (χ4n) is 3.43. The fraction of sp³-hybridized carbons (Fsp3) is 0.556. The molecule has 1 N–H and O–H groups in total. The molecule has 1 aliphatic rings. The Morgan fingerprint density at radius 2 is 2.07 bits per heavy atom. The van der Waals surface area contributed by atoms with Crippen LogP contribution in [0.3, 0.4) is 0 Å². The number of halogens is 3. The Hall–Kier alpha value is -2.45. The van der Waals surface area contributed by atoms with E-state index in [2.05, 4.69) is 34.6 Å². The highest BCUT2D eigenvalue weighted by Gasteiger charge is 2.31. The SMILES string of the molecule is C[C@@H]1[C@H](C)CCC[C@H]1NC(=O)Cn1nnc(-c2cccc(C(F)(F)F)c2)n1. The van der Waals surface area contributed by atoms with Gasteiger partial charge >= 0.3 is 6.18 Å². The number of aromatic nitrogens is 4. The average molecular weight is 381 g/mol. The standard InChI is InChI=1S/C18H22F3N5O/c1-11-5-3-8-15(12(11)2)22-16(27)10-26-24-17(23-25-26)13-6-4-7-14(9-13)18(19,20)21/h4,6-7,9,11-12,15H,3,5,8,10H2,1-2H3,(H,22,27)/t11-,12-,15-/m1/s1. The molecule has 9 heteroatoms. The van der Waals surface area contributed by atoms with Crippen LogP contribution in [0.25, 0.3) is 11.4 Å². The average Bonchev–Trinajstić information content (AvgIpc) is 3.07. The molecule has 3 rings (SSSR count). The van der Waals surface area contributed by atoms with Crippen molar-refractivity contribution in [2.75, 3.05) is 0 Å². The Morgan fingerprint density at radius 1 is 1.30 bits per heavy atom. The van der Waals surface area contributed by atoms with Crippen molar-refractivity contribution in [3.63, 3.8) is 0 Å². The van der Waals surface area contributed by atoms with Crippen LogP contribution in [0.5, 0.6) is 0 Å². The molecule has 0 bridgehead atoms. The van der Waals surface area contributed by atoms with Gasteiger partial charge in [0.05, 0.1) is 5.56 Å². The summed E-state index contributed by atoms with van der Waals surface area (Å²) in [5, 5.41) is 14.6. The van der Waals surface area contributed by atoms with Crippen molar-refractivity contribution in [1.82, 2.24) is 25.5 Å². The summed E-state index contributed by atoms with van der Waals surface area (Å²) in [6, 6.07) is 4.83. The number of hydrogen-bond acceptors (Lipinski definition) is 4. The van der Waals surface area contributed by atoms with Gasteiger partial charge in [0, 0.05) is 11.6 Å². The van der Waals surface area contributed by atoms with E-state index in [1.165, 1.54) is 18.6 Å². The number of hydrogen-bond donors (Lipinski definition) is 1. The number of carbonyl (C=O) groups excluding carboxylic acids is 1. The van der Waals surface area contributed by atoms with Gasteiger partial charge in [-0.05, 0) is 35.6 Å². The number of nitrogens with zero attached hydrogens (tertiary/aromatic N) is 4. The minimum atomic E-state index is -4.44. The van der Waals surface area contributed by atoms with Crippen molar-refractivity contribution in [1.29, 1.82) is 0 Å². The molecule has 0 spiro atoms. The van der Waals surface area contributed by atoms with Crippen LogP contribution in [0.1, 0.15) is 38.7 Å². The lowest BCUT2D eigenvalue weighted by Gasteiger charge is -2.34. The lowest BCUT2D eigenvalue weighted by molar-refractivity contribution is -0.137. The van der Waals surface area contributed by atoms with Gasteiger partial charge in [-0.1, -0.05) is 38.8 Å². The topological polar surface area (TPSA) is 72.7 Å². The summed E-state index contributed by atoms with van der Waals surface area (Å²) < 4.78 is 38.5. The molecule has 6 nitrogen and oxygen atoms in total. The van der Waals surface area contributed by atoms with Gasteiger partial charge in [0.2, 0.25) is 11.7 Å². The number of tetrazole rings is 1. The van der Waals surface area contributed by atoms with Gasteiger partial charge in [-0.2, -0.15) is 18.0 Å². The van der Waals surface area contributed by atoms with E-state index >= 15 is 0 Å². The summed E-state index contributed by atoms with van der Waals surface area (Å²) >= 11 is 0. The molecule has 27 heavy (non-hydrogen) atoms. The van der Waals surface area contributed by atoms with Gasteiger partial charge in [-0.15, -0.1) is 10.2 Å². The molecule has 1 aromatic carbocycles. The molecule has 0 radical (unpaired) electrons. The van der Waals surface area contributed by atoms with Crippen molar-refractivity contribution >= 4 is 5.91 Å². The van der Waals surface area contributed by atoms with Gasteiger partial charge in [0.15, 0.2) is 0 Å². The Labute approximate surface area is 155 Å². The second-order valence-corrected chi connectivity index (χ2v) is 7.16. The van der Waals surface area contributed by atoms with Gasteiger partial charge in [-0.25, -0.2) is 0 Å². The molecular weight excluding hydrogens is 359 g/mol. The molecule has 3 atom stereocenters. The van der Waals surface area contributed by atoms with E-state index in [1.54, 1.807) is 0 Å². The molecule has 146 valence electrons. The van der Waals surface area contributed by atoms with E-state index in [4.69, 9.17) is 0 Å². The van der Waals surface area contributed by atoms with Crippen LogP contribution in [-0.2, 0) is 17.5 Å². The van der Waals surface area contributed by atoms with Crippen LogP contribution in [-0.4, -0.2) is 32.2 Å². The van der Waals surface area contributed by atoms with Crippen LogP contribution in [0.4, 0.5) is 13.2 Å². The molecule has 2 aromatic rings. The zero-order valence-electron chi connectivity index (χ0n) is 15.2. The van der Waals surface area contributed by atoms with E-state index in [-0.39, 0.29) is 29.9 Å². The number of rotatable bonds is 4. The smallest absolute Gasteiger partial charge is 0.351 e. The summed E-state index contributed by atoms with van der Waals surface area (Å²) in [4.78, 5) is 13.4. The monoisotopic (exact) mass is 381 g/mol. The number of carbonyl (C=O) groups is 1. The second kappa shape index (κ2) is 7.66. The normalized spacial score (nSPS) is 23.2. The Balaban J connectivity index is 1.65. The third kappa shape index (κ3) is 4.64. The predicted octanol–water partition coefficient (Wildman–Crippen LogP) is 3.30. The van der Waals surface area contributed by atoms with E-state index in [0.717, 1.165) is 29.8 Å². The number of nitrogens with one attached hydrogen (secondary N) is 1. The van der Waals surface area contributed by atoms with Crippen LogP contribution in [0.2, 0.25) is 0 Å². The number of amides is 1. The van der Waals surface area contributed by atoms with Crippen LogP contribution in [0, 0.1) is 11.8 Å². The van der Waals surface area contributed by atoms with Crippen LogP contribution >= 0.6 is 0 Å². The van der Waals surface area contributed by atoms with Crippen molar-refractivity contribution in [3.05, 3.63) is 29.8 Å². The number of benzene rings is 1.